The van der Waals surface area contributed by atoms with Gasteiger partial charge in [0.15, 0.2) is 11.5 Å². The van der Waals surface area contributed by atoms with Crippen molar-refractivity contribution >= 4 is 33.6 Å². The van der Waals surface area contributed by atoms with E-state index in [1.54, 1.807) is 18.2 Å². The van der Waals surface area contributed by atoms with E-state index in [1.165, 1.54) is 6.08 Å². The average Bonchev–Trinajstić information content (AvgIpc) is 2.65. The quantitative estimate of drug-likeness (QED) is 0.491. The number of hydrogen-bond donors (Lipinski definition) is 1. The van der Waals surface area contributed by atoms with Crippen molar-refractivity contribution in [3.05, 3.63) is 57.6 Å². The fourth-order valence-corrected chi connectivity index (χ4v) is 2.84. The van der Waals surface area contributed by atoms with Gasteiger partial charge in [-0.3, -0.25) is 4.79 Å². The van der Waals surface area contributed by atoms with E-state index >= 15 is 0 Å². The minimum absolute atomic E-state index is 0.00874. The third kappa shape index (κ3) is 5.35. The number of rotatable bonds is 7. The molecule has 5 nitrogen and oxygen atoms in total. The molecule has 0 aliphatic carbocycles. The van der Waals surface area contributed by atoms with E-state index in [0.717, 1.165) is 5.56 Å². The topological polar surface area (TPSA) is 71.3 Å². The van der Waals surface area contributed by atoms with Gasteiger partial charge >= 0.3 is 0 Å². The molecular formula is C21H21BrN2O3. The van der Waals surface area contributed by atoms with E-state index in [0.29, 0.717) is 40.4 Å². The zero-order chi connectivity index (χ0) is 19.8. The first-order chi connectivity index (χ1) is 13.0. The van der Waals surface area contributed by atoms with E-state index in [9.17, 15) is 10.1 Å². The van der Waals surface area contributed by atoms with E-state index in [2.05, 4.69) is 21.2 Å². The van der Waals surface area contributed by atoms with E-state index in [1.807, 2.05) is 45.0 Å². The molecule has 2 aromatic rings. The van der Waals surface area contributed by atoms with Gasteiger partial charge < -0.3 is 14.8 Å². The van der Waals surface area contributed by atoms with Crippen molar-refractivity contribution in [1.29, 1.82) is 5.26 Å². The van der Waals surface area contributed by atoms with Crippen LogP contribution in [0.25, 0.3) is 6.08 Å². The van der Waals surface area contributed by atoms with Gasteiger partial charge in [0.05, 0.1) is 13.2 Å². The zero-order valence-corrected chi connectivity index (χ0v) is 17.1. The largest absolute Gasteiger partial charge is 0.490 e. The highest BCUT2D eigenvalue weighted by atomic mass is 79.9. The summed E-state index contributed by atoms with van der Waals surface area (Å²) in [6.07, 6.45) is 1.52. The van der Waals surface area contributed by atoms with Crippen LogP contribution in [0.2, 0.25) is 0 Å². The van der Waals surface area contributed by atoms with E-state index in [-0.39, 0.29) is 5.57 Å². The smallest absolute Gasteiger partial charge is 0.266 e. The molecule has 0 unspecified atom stereocenters. The lowest BCUT2D eigenvalue weighted by Crippen LogP contribution is -2.14. The number of benzene rings is 2. The first kappa shape index (κ1) is 20.5. The Morgan fingerprint density at radius 3 is 2.41 bits per heavy atom. The SMILES string of the molecule is CCOc1cc(Br)c(/C=C(\C#N)C(=O)Nc2ccccc2C)cc1OCC. The zero-order valence-electron chi connectivity index (χ0n) is 15.5. The van der Waals surface area contributed by atoms with Crippen molar-refractivity contribution in [3.63, 3.8) is 0 Å². The molecular weight excluding hydrogens is 408 g/mol. The van der Waals surface area contributed by atoms with Gasteiger partial charge in [-0.2, -0.15) is 5.26 Å². The van der Waals surface area contributed by atoms with Crippen molar-refractivity contribution in [3.8, 4) is 17.6 Å². The van der Waals surface area contributed by atoms with E-state index in [4.69, 9.17) is 9.47 Å². The third-order valence-corrected chi connectivity index (χ3v) is 4.41. The Morgan fingerprint density at radius 2 is 1.81 bits per heavy atom. The van der Waals surface area contributed by atoms with Crippen molar-refractivity contribution in [2.45, 2.75) is 20.8 Å². The minimum atomic E-state index is -0.467. The Bertz CT molecular complexity index is 901. The minimum Gasteiger partial charge on any atom is -0.490 e. The van der Waals surface area contributed by atoms with Crippen LogP contribution in [-0.4, -0.2) is 19.1 Å². The van der Waals surface area contributed by atoms with Crippen molar-refractivity contribution in [2.24, 2.45) is 0 Å². The number of carbonyl (C=O) groups is 1. The van der Waals surface area contributed by atoms with Gasteiger partial charge in [-0.25, -0.2) is 0 Å². The summed E-state index contributed by atoms with van der Waals surface area (Å²) >= 11 is 3.47. The summed E-state index contributed by atoms with van der Waals surface area (Å²) in [5.41, 5.74) is 2.23. The highest BCUT2D eigenvalue weighted by Crippen LogP contribution is 2.35. The molecule has 0 aliphatic heterocycles. The van der Waals surface area contributed by atoms with Gasteiger partial charge in [-0.1, -0.05) is 34.1 Å². The highest BCUT2D eigenvalue weighted by molar-refractivity contribution is 9.10. The summed E-state index contributed by atoms with van der Waals surface area (Å²) in [4.78, 5) is 12.5. The fraction of sp³-hybridized carbons (Fsp3) is 0.238. The lowest BCUT2D eigenvalue weighted by Gasteiger charge is -2.13. The maximum Gasteiger partial charge on any atom is 0.266 e. The molecule has 1 N–H and O–H groups in total. The van der Waals surface area contributed by atoms with Gasteiger partial charge in [0, 0.05) is 10.2 Å². The Hall–Kier alpha value is -2.78. The van der Waals surface area contributed by atoms with Crippen LogP contribution >= 0.6 is 15.9 Å². The lowest BCUT2D eigenvalue weighted by molar-refractivity contribution is -0.112. The Kier molecular flexibility index (Phi) is 7.44. The molecule has 0 aromatic heterocycles. The van der Waals surface area contributed by atoms with Crippen LogP contribution in [0.15, 0.2) is 46.4 Å². The number of halogens is 1. The molecule has 0 spiro atoms. The van der Waals surface area contributed by atoms with Gasteiger partial charge in [0.2, 0.25) is 0 Å². The van der Waals surface area contributed by atoms with Crippen LogP contribution in [0.1, 0.15) is 25.0 Å². The fourth-order valence-electron chi connectivity index (χ4n) is 2.40. The Balaban J connectivity index is 2.36. The predicted molar refractivity (Wildman–Crippen MR) is 110 cm³/mol. The lowest BCUT2D eigenvalue weighted by atomic mass is 10.1. The molecule has 1 amide bonds. The maximum atomic E-state index is 12.5. The maximum absolute atomic E-state index is 12.5. The van der Waals surface area contributed by atoms with Crippen molar-refractivity contribution in [1.82, 2.24) is 0 Å². The van der Waals surface area contributed by atoms with Gasteiger partial charge in [-0.05, 0) is 56.2 Å². The van der Waals surface area contributed by atoms with Crippen molar-refractivity contribution in [2.75, 3.05) is 18.5 Å². The summed E-state index contributed by atoms with van der Waals surface area (Å²) in [6, 6.07) is 12.9. The van der Waals surface area contributed by atoms with Crippen molar-refractivity contribution < 1.29 is 14.3 Å². The number of aryl methyl sites for hydroxylation is 1. The third-order valence-electron chi connectivity index (χ3n) is 3.72. The number of carbonyl (C=O) groups excluding carboxylic acids is 1. The summed E-state index contributed by atoms with van der Waals surface area (Å²) in [5.74, 6) is 0.696. The number of amides is 1. The molecule has 0 bridgehead atoms. The normalized spacial score (nSPS) is 10.9. The van der Waals surface area contributed by atoms with Gasteiger partial charge in [0.25, 0.3) is 5.91 Å². The van der Waals surface area contributed by atoms with Gasteiger partial charge in [-0.15, -0.1) is 0 Å². The standard InChI is InChI=1S/C21H21BrN2O3/c1-4-26-19-11-15(17(22)12-20(19)27-5-2)10-16(13-23)21(25)24-18-9-7-6-8-14(18)3/h6-12H,4-5H2,1-3H3,(H,24,25)/b16-10+. The number of anilines is 1. The number of ether oxygens (including phenoxy) is 2. The number of nitriles is 1. The molecule has 2 rings (SSSR count). The van der Waals surface area contributed by atoms with Crippen LogP contribution in [0.4, 0.5) is 5.69 Å². The van der Waals surface area contributed by atoms with Gasteiger partial charge in [0.1, 0.15) is 11.6 Å². The molecule has 0 atom stereocenters. The summed E-state index contributed by atoms with van der Waals surface area (Å²) in [6.45, 7) is 6.64. The van der Waals surface area contributed by atoms with Crippen LogP contribution in [-0.2, 0) is 4.79 Å². The second-order valence-electron chi connectivity index (χ2n) is 5.63. The molecule has 27 heavy (non-hydrogen) atoms. The number of nitrogens with one attached hydrogen (secondary N) is 1. The number of para-hydroxylation sites is 1. The monoisotopic (exact) mass is 428 g/mol. The molecule has 6 heteroatoms. The number of nitrogens with zero attached hydrogens (tertiary/aromatic N) is 1. The summed E-state index contributed by atoms with van der Waals surface area (Å²) in [7, 11) is 0. The molecule has 0 fully saturated rings. The summed E-state index contributed by atoms with van der Waals surface area (Å²) < 4.78 is 11.9. The average molecular weight is 429 g/mol. The van der Waals surface area contributed by atoms with Crippen LogP contribution in [0.5, 0.6) is 11.5 Å². The number of hydrogen-bond acceptors (Lipinski definition) is 4. The summed E-state index contributed by atoms with van der Waals surface area (Å²) in [5, 5.41) is 12.2. The molecule has 140 valence electrons. The van der Waals surface area contributed by atoms with Crippen LogP contribution in [0.3, 0.4) is 0 Å². The molecule has 0 aliphatic rings. The Morgan fingerprint density at radius 1 is 1.19 bits per heavy atom. The molecule has 2 aromatic carbocycles. The Labute approximate surface area is 167 Å². The van der Waals surface area contributed by atoms with Crippen LogP contribution in [0, 0.1) is 18.3 Å². The predicted octanol–water partition coefficient (Wildman–Crippen LogP) is 5.10. The second kappa shape index (κ2) is 9.79. The molecule has 0 radical (unpaired) electrons. The molecule has 0 saturated heterocycles. The first-order valence-electron chi connectivity index (χ1n) is 8.58. The molecule has 0 heterocycles. The molecule has 0 saturated carbocycles. The second-order valence-corrected chi connectivity index (χ2v) is 6.48. The van der Waals surface area contributed by atoms with Crippen LogP contribution < -0.4 is 14.8 Å². The highest BCUT2D eigenvalue weighted by Gasteiger charge is 2.14. The van der Waals surface area contributed by atoms with E-state index < -0.39 is 5.91 Å². The first-order valence-corrected chi connectivity index (χ1v) is 9.37.